The molecule has 0 radical (unpaired) electrons. The van der Waals surface area contributed by atoms with Crippen molar-refractivity contribution in [3.63, 3.8) is 0 Å². The quantitative estimate of drug-likeness (QED) is 0.540. The molecule has 0 spiro atoms. The van der Waals surface area contributed by atoms with Crippen LogP contribution in [-0.2, 0) is 6.42 Å². The van der Waals surface area contributed by atoms with E-state index < -0.39 is 6.10 Å². The second kappa shape index (κ2) is 7.23. The summed E-state index contributed by atoms with van der Waals surface area (Å²) in [4.78, 5) is 17.7. The van der Waals surface area contributed by atoms with Gasteiger partial charge < -0.3 is 15.8 Å². The molecule has 0 saturated carbocycles. The highest BCUT2D eigenvalue weighted by molar-refractivity contribution is 7.99. The van der Waals surface area contributed by atoms with Crippen molar-refractivity contribution in [1.82, 2.24) is 9.97 Å². The van der Waals surface area contributed by atoms with Crippen molar-refractivity contribution in [3.8, 4) is 0 Å². The second-order valence-corrected chi connectivity index (χ2v) is 5.48. The van der Waals surface area contributed by atoms with E-state index in [0.717, 1.165) is 5.56 Å². The lowest BCUT2D eigenvalue weighted by atomic mass is 10.0. The summed E-state index contributed by atoms with van der Waals surface area (Å²) in [6, 6.07) is 10.8. The highest BCUT2D eigenvalue weighted by atomic mass is 32.2. The number of nitrogens with one attached hydrogen (secondary N) is 1. The first-order chi connectivity index (χ1) is 9.65. The van der Waals surface area contributed by atoms with Crippen molar-refractivity contribution in [2.75, 3.05) is 5.75 Å². The summed E-state index contributed by atoms with van der Waals surface area (Å²) in [5.74, 6) is 0.390. The molecule has 0 saturated heterocycles. The van der Waals surface area contributed by atoms with E-state index in [-0.39, 0.29) is 11.6 Å². The number of hydrogen-bond donors (Lipinski definition) is 3. The Morgan fingerprint density at radius 3 is 2.75 bits per heavy atom. The third-order valence-electron chi connectivity index (χ3n) is 2.85. The Bertz CT molecular complexity index is 588. The monoisotopic (exact) mass is 291 g/mol. The Hall–Kier alpha value is -1.63. The summed E-state index contributed by atoms with van der Waals surface area (Å²) in [6.45, 7) is 0. The van der Waals surface area contributed by atoms with Crippen LogP contribution in [0.15, 0.2) is 52.5 Å². The third-order valence-corrected chi connectivity index (χ3v) is 3.84. The lowest BCUT2D eigenvalue weighted by Gasteiger charge is -2.18. The molecule has 106 valence electrons. The summed E-state index contributed by atoms with van der Waals surface area (Å²) in [5, 5.41) is 10.5. The van der Waals surface area contributed by atoms with Gasteiger partial charge in [-0.2, -0.15) is 0 Å². The van der Waals surface area contributed by atoms with Gasteiger partial charge in [-0.1, -0.05) is 42.1 Å². The van der Waals surface area contributed by atoms with Gasteiger partial charge in [-0.05, 0) is 12.0 Å². The van der Waals surface area contributed by atoms with Gasteiger partial charge in [-0.15, -0.1) is 0 Å². The standard InChI is InChI=1S/C14H17N3O2S/c15-11(8-10-4-2-1-3-5-10)12(18)9-20-14-16-7-6-13(19)17-14/h1-7,11-12,18H,8-9,15H2,(H,16,17,19). The number of aromatic nitrogens is 2. The van der Waals surface area contributed by atoms with Gasteiger partial charge in [0, 0.05) is 24.1 Å². The summed E-state index contributed by atoms with van der Waals surface area (Å²) in [5.41, 5.74) is 6.88. The summed E-state index contributed by atoms with van der Waals surface area (Å²) in [7, 11) is 0. The van der Waals surface area contributed by atoms with E-state index in [1.54, 1.807) is 0 Å². The van der Waals surface area contributed by atoms with Gasteiger partial charge in [-0.3, -0.25) is 4.79 Å². The zero-order chi connectivity index (χ0) is 14.4. The molecule has 0 fully saturated rings. The molecule has 20 heavy (non-hydrogen) atoms. The van der Waals surface area contributed by atoms with Gasteiger partial charge in [0.2, 0.25) is 0 Å². The minimum atomic E-state index is -0.661. The normalized spacial score (nSPS) is 13.9. The average Bonchev–Trinajstić information content (AvgIpc) is 2.46. The van der Waals surface area contributed by atoms with Crippen LogP contribution in [0.4, 0.5) is 0 Å². The molecule has 1 aromatic heterocycles. The van der Waals surface area contributed by atoms with Crippen LogP contribution in [0.25, 0.3) is 0 Å². The Kier molecular flexibility index (Phi) is 5.34. The van der Waals surface area contributed by atoms with Crippen LogP contribution >= 0.6 is 11.8 Å². The lowest BCUT2D eigenvalue weighted by molar-refractivity contribution is 0.167. The molecular formula is C14H17N3O2S. The molecule has 1 heterocycles. The van der Waals surface area contributed by atoms with E-state index in [2.05, 4.69) is 9.97 Å². The summed E-state index contributed by atoms with van der Waals surface area (Å²) >= 11 is 1.28. The zero-order valence-corrected chi connectivity index (χ0v) is 11.7. The van der Waals surface area contributed by atoms with Gasteiger partial charge in [0.25, 0.3) is 5.56 Å². The number of aromatic amines is 1. The van der Waals surface area contributed by atoms with Crippen LogP contribution < -0.4 is 11.3 Å². The van der Waals surface area contributed by atoms with E-state index in [1.165, 1.54) is 24.0 Å². The number of nitrogens with two attached hydrogens (primary N) is 1. The van der Waals surface area contributed by atoms with Gasteiger partial charge in [0.05, 0.1) is 6.10 Å². The fourth-order valence-electron chi connectivity index (χ4n) is 1.74. The zero-order valence-electron chi connectivity index (χ0n) is 10.9. The first-order valence-corrected chi connectivity index (χ1v) is 7.29. The van der Waals surface area contributed by atoms with Gasteiger partial charge in [0.1, 0.15) is 0 Å². The molecule has 0 aliphatic heterocycles. The van der Waals surface area contributed by atoms with Crippen molar-refractivity contribution >= 4 is 11.8 Å². The third kappa shape index (κ3) is 4.48. The fraction of sp³-hybridized carbons (Fsp3) is 0.286. The molecule has 6 heteroatoms. The maximum absolute atomic E-state index is 11.1. The summed E-state index contributed by atoms with van der Waals surface area (Å²) < 4.78 is 0. The maximum Gasteiger partial charge on any atom is 0.251 e. The molecule has 2 aromatic rings. The van der Waals surface area contributed by atoms with Crippen LogP contribution in [0.1, 0.15) is 5.56 Å². The molecule has 4 N–H and O–H groups in total. The van der Waals surface area contributed by atoms with Crippen LogP contribution in [0.5, 0.6) is 0 Å². The molecular weight excluding hydrogens is 274 g/mol. The highest BCUT2D eigenvalue weighted by Crippen LogP contribution is 2.14. The number of thioether (sulfide) groups is 1. The Labute approximate surface area is 121 Å². The van der Waals surface area contributed by atoms with Crippen molar-refractivity contribution in [3.05, 3.63) is 58.5 Å². The van der Waals surface area contributed by atoms with E-state index in [1.807, 2.05) is 30.3 Å². The molecule has 0 amide bonds. The first-order valence-electron chi connectivity index (χ1n) is 6.31. The predicted octanol–water partition coefficient (Wildman–Crippen LogP) is 0.793. The van der Waals surface area contributed by atoms with Crippen LogP contribution in [-0.4, -0.2) is 33.0 Å². The minimum absolute atomic E-state index is 0.203. The molecule has 1 aromatic carbocycles. The first kappa shape index (κ1) is 14.8. The minimum Gasteiger partial charge on any atom is -0.391 e. The number of H-pyrrole nitrogens is 1. The molecule has 0 aliphatic carbocycles. The van der Waals surface area contributed by atoms with E-state index in [4.69, 9.17) is 5.73 Å². The van der Waals surface area contributed by atoms with Gasteiger partial charge in [-0.25, -0.2) is 4.98 Å². The SMILES string of the molecule is NC(Cc1ccccc1)C(O)CSc1nccc(=O)[nH]1. The van der Waals surface area contributed by atoms with Crippen molar-refractivity contribution < 1.29 is 5.11 Å². The number of aliphatic hydroxyl groups excluding tert-OH is 1. The number of hydrogen-bond acceptors (Lipinski definition) is 5. The van der Waals surface area contributed by atoms with Gasteiger partial charge in [0.15, 0.2) is 5.16 Å². The van der Waals surface area contributed by atoms with E-state index in [0.29, 0.717) is 17.3 Å². The van der Waals surface area contributed by atoms with E-state index >= 15 is 0 Å². The average molecular weight is 291 g/mol. The lowest BCUT2D eigenvalue weighted by Crippen LogP contribution is -2.38. The van der Waals surface area contributed by atoms with Crippen LogP contribution in [0, 0.1) is 0 Å². The maximum atomic E-state index is 11.1. The van der Waals surface area contributed by atoms with Crippen molar-refractivity contribution in [2.24, 2.45) is 5.73 Å². The topological polar surface area (TPSA) is 92.0 Å². The molecule has 2 atom stereocenters. The molecule has 0 aliphatic rings. The van der Waals surface area contributed by atoms with Crippen LogP contribution in [0.3, 0.4) is 0 Å². The van der Waals surface area contributed by atoms with Crippen LogP contribution in [0.2, 0.25) is 0 Å². The predicted molar refractivity (Wildman–Crippen MR) is 79.7 cm³/mol. The smallest absolute Gasteiger partial charge is 0.251 e. The number of rotatable bonds is 6. The highest BCUT2D eigenvalue weighted by Gasteiger charge is 2.16. The fourth-order valence-corrected chi connectivity index (χ4v) is 2.62. The summed E-state index contributed by atoms with van der Waals surface area (Å²) in [6.07, 6.45) is 1.39. The van der Waals surface area contributed by atoms with E-state index in [9.17, 15) is 9.90 Å². The van der Waals surface area contributed by atoms with Crippen molar-refractivity contribution in [1.29, 1.82) is 0 Å². The number of aliphatic hydroxyl groups is 1. The largest absolute Gasteiger partial charge is 0.391 e. The Balaban J connectivity index is 1.85. The van der Waals surface area contributed by atoms with Gasteiger partial charge >= 0.3 is 0 Å². The molecule has 0 bridgehead atoms. The number of benzene rings is 1. The molecule has 2 unspecified atom stereocenters. The molecule has 5 nitrogen and oxygen atoms in total. The Morgan fingerprint density at radius 2 is 2.05 bits per heavy atom. The Morgan fingerprint density at radius 1 is 1.30 bits per heavy atom. The van der Waals surface area contributed by atoms with Crippen molar-refractivity contribution in [2.45, 2.75) is 23.7 Å². The number of nitrogens with zero attached hydrogens (tertiary/aromatic N) is 1. The second-order valence-electron chi connectivity index (χ2n) is 4.47. The molecule has 2 rings (SSSR count).